The summed E-state index contributed by atoms with van der Waals surface area (Å²) in [7, 11) is 0. The Morgan fingerprint density at radius 1 is 1.11 bits per heavy atom. The Labute approximate surface area is 102 Å². The summed E-state index contributed by atoms with van der Waals surface area (Å²) in [6, 6.07) is 0. The quantitative estimate of drug-likeness (QED) is 0.667. The first-order valence-electron chi connectivity index (χ1n) is 5.92. The Balaban J connectivity index is 2.14. The van der Waals surface area contributed by atoms with E-state index >= 15 is 0 Å². The maximum absolute atomic E-state index is 12.0. The predicted molar refractivity (Wildman–Crippen MR) is 55.5 cm³/mol. The van der Waals surface area contributed by atoms with Crippen LogP contribution in [-0.2, 0) is 19.2 Å². The van der Waals surface area contributed by atoms with Gasteiger partial charge in [0.05, 0.1) is 17.3 Å². The van der Waals surface area contributed by atoms with Crippen molar-refractivity contribution in [3.05, 3.63) is 0 Å². The van der Waals surface area contributed by atoms with E-state index in [2.05, 4.69) is 0 Å². The van der Waals surface area contributed by atoms with E-state index < -0.39 is 41.0 Å². The minimum Gasteiger partial charge on any atom is -0.481 e. The van der Waals surface area contributed by atoms with E-state index in [4.69, 9.17) is 0 Å². The minimum atomic E-state index is -1.42. The average molecular weight is 252 g/mol. The SMILES string of the molecule is O=C1C2CC3C(=O)C1CC(C(=O)O)(C2)C3C(=O)O. The summed E-state index contributed by atoms with van der Waals surface area (Å²) in [6.07, 6.45) is 0.141. The summed E-state index contributed by atoms with van der Waals surface area (Å²) in [5.74, 6) is -6.27. The fraction of sp³-hybridized carbons (Fsp3) is 0.667. The van der Waals surface area contributed by atoms with Crippen molar-refractivity contribution in [2.75, 3.05) is 0 Å². The highest BCUT2D eigenvalue weighted by Gasteiger charge is 2.69. The van der Waals surface area contributed by atoms with Gasteiger partial charge in [-0.3, -0.25) is 19.2 Å². The second-order valence-electron chi connectivity index (χ2n) is 5.58. The molecule has 0 aromatic rings. The molecule has 0 aliphatic heterocycles. The number of carbonyl (C=O) groups excluding carboxylic acids is 2. The molecule has 4 aliphatic carbocycles. The first kappa shape index (κ1) is 11.4. The van der Waals surface area contributed by atoms with Gasteiger partial charge in [0, 0.05) is 11.8 Å². The Morgan fingerprint density at radius 2 is 1.78 bits per heavy atom. The van der Waals surface area contributed by atoms with Crippen molar-refractivity contribution in [3.63, 3.8) is 0 Å². The van der Waals surface area contributed by atoms with Gasteiger partial charge < -0.3 is 10.2 Å². The van der Waals surface area contributed by atoms with Gasteiger partial charge in [0.15, 0.2) is 0 Å². The third-order valence-corrected chi connectivity index (χ3v) is 4.86. The number of carboxylic acids is 2. The second kappa shape index (κ2) is 3.18. The van der Waals surface area contributed by atoms with Crippen LogP contribution in [0.15, 0.2) is 0 Å². The molecule has 0 heterocycles. The molecular formula is C12H12O6. The van der Waals surface area contributed by atoms with Crippen molar-refractivity contribution >= 4 is 23.5 Å². The molecule has 4 bridgehead atoms. The van der Waals surface area contributed by atoms with Gasteiger partial charge >= 0.3 is 11.9 Å². The topological polar surface area (TPSA) is 109 Å². The second-order valence-corrected chi connectivity index (χ2v) is 5.58. The number of rotatable bonds is 2. The molecule has 96 valence electrons. The lowest BCUT2D eigenvalue weighted by Crippen LogP contribution is -2.65. The van der Waals surface area contributed by atoms with Gasteiger partial charge in [0.1, 0.15) is 11.6 Å². The molecule has 6 heteroatoms. The minimum absolute atomic E-state index is 0.0679. The molecule has 0 aromatic carbocycles. The molecule has 5 atom stereocenters. The summed E-state index contributed by atoms with van der Waals surface area (Å²) in [5.41, 5.74) is -1.42. The first-order valence-corrected chi connectivity index (χ1v) is 5.92. The lowest BCUT2D eigenvalue weighted by Gasteiger charge is -2.55. The molecule has 6 nitrogen and oxygen atoms in total. The molecule has 4 fully saturated rings. The van der Waals surface area contributed by atoms with E-state index in [0.717, 1.165) is 0 Å². The zero-order valence-electron chi connectivity index (χ0n) is 9.46. The summed E-state index contributed by atoms with van der Waals surface area (Å²) in [5, 5.41) is 18.6. The van der Waals surface area contributed by atoms with Gasteiger partial charge in [-0.05, 0) is 19.3 Å². The zero-order chi connectivity index (χ0) is 13.2. The maximum Gasteiger partial charge on any atom is 0.310 e. The van der Waals surface area contributed by atoms with Crippen molar-refractivity contribution in [3.8, 4) is 0 Å². The summed E-state index contributed by atoms with van der Waals surface area (Å²) < 4.78 is 0. The van der Waals surface area contributed by atoms with E-state index in [1.165, 1.54) is 0 Å². The molecule has 0 saturated heterocycles. The highest BCUT2D eigenvalue weighted by atomic mass is 16.4. The molecule has 4 rings (SSSR count). The number of ketones is 2. The predicted octanol–water partition coefficient (Wildman–Crippen LogP) is -0.0439. The van der Waals surface area contributed by atoms with Crippen molar-refractivity contribution in [1.29, 1.82) is 0 Å². The number of carbonyl (C=O) groups is 4. The standard InChI is InChI=1S/C12H12O6/c13-8-4-1-5-7(10(15)16)12(2-4,11(17)18)3-6(8)9(5)14/h4-7H,1-3H2,(H,15,16)(H,17,18). The Kier molecular flexibility index (Phi) is 2.01. The van der Waals surface area contributed by atoms with Crippen molar-refractivity contribution in [2.24, 2.45) is 29.1 Å². The summed E-state index contributed by atoms with van der Waals surface area (Å²) in [6.45, 7) is 0. The largest absolute Gasteiger partial charge is 0.481 e. The number of hydrogen-bond donors (Lipinski definition) is 2. The van der Waals surface area contributed by atoms with Crippen LogP contribution in [0.2, 0.25) is 0 Å². The van der Waals surface area contributed by atoms with Gasteiger partial charge in [0.25, 0.3) is 0 Å². The van der Waals surface area contributed by atoms with Crippen LogP contribution in [0.1, 0.15) is 19.3 Å². The maximum atomic E-state index is 12.0. The first-order chi connectivity index (χ1) is 8.38. The van der Waals surface area contributed by atoms with Gasteiger partial charge in [-0.25, -0.2) is 0 Å². The Hall–Kier alpha value is -1.72. The number of carboxylic acid groups (broad SMARTS) is 2. The number of hydrogen-bond acceptors (Lipinski definition) is 4. The normalized spacial score (nSPS) is 45.3. The van der Waals surface area contributed by atoms with Crippen LogP contribution in [0.4, 0.5) is 0 Å². The van der Waals surface area contributed by atoms with Crippen molar-refractivity contribution < 1.29 is 29.4 Å². The molecule has 0 amide bonds. The van der Waals surface area contributed by atoms with Gasteiger partial charge in [0.2, 0.25) is 0 Å². The summed E-state index contributed by atoms with van der Waals surface area (Å²) in [4.78, 5) is 46.7. The highest BCUT2D eigenvalue weighted by molar-refractivity contribution is 6.11. The van der Waals surface area contributed by atoms with Gasteiger partial charge in [-0.1, -0.05) is 0 Å². The lowest BCUT2D eigenvalue weighted by atomic mass is 9.44. The van der Waals surface area contributed by atoms with Gasteiger partial charge in [-0.2, -0.15) is 0 Å². The molecule has 4 saturated carbocycles. The van der Waals surface area contributed by atoms with Crippen LogP contribution in [0, 0.1) is 29.1 Å². The third kappa shape index (κ3) is 1.08. The average Bonchev–Trinajstić information content (AvgIpc) is 2.29. The van der Waals surface area contributed by atoms with Crippen molar-refractivity contribution in [1.82, 2.24) is 0 Å². The molecule has 0 spiro atoms. The number of Topliss-reactive ketones (excluding diaryl/α,β-unsaturated/α-hetero) is 2. The van der Waals surface area contributed by atoms with Gasteiger partial charge in [-0.15, -0.1) is 0 Å². The zero-order valence-corrected chi connectivity index (χ0v) is 9.46. The van der Waals surface area contributed by atoms with Crippen LogP contribution >= 0.6 is 0 Å². The van der Waals surface area contributed by atoms with E-state index in [1.54, 1.807) is 0 Å². The van der Waals surface area contributed by atoms with E-state index in [-0.39, 0.29) is 30.8 Å². The monoisotopic (exact) mass is 252 g/mol. The molecule has 5 unspecified atom stereocenters. The molecule has 4 aliphatic rings. The molecular weight excluding hydrogens is 240 g/mol. The Morgan fingerprint density at radius 3 is 2.33 bits per heavy atom. The fourth-order valence-electron chi connectivity index (χ4n) is 4.15. The van der Waals surface area contributed by atoms with E-state index in [1.807, 2.05) is 0 Å². The van der Waals surface area contributed by atoms with Crippen molar-refractivity contribution in [2.45, 2.75) is 19.3 Å². The van der Waals surface area contributed by atoms with E-state index in [9.17, 15) is 29.4 Å². The van der Waals surface area contributed by atoms with Crippen LogP contribution in [-0.4, -0.2) is 33.7 Å². The third-order valence-electron chi connectivity index (χ3n) is 4.86. The van der Waals surface area contributed by atoms with E-state index in [0.29, 0.717) is 0 Å². The molecule has 2 N–H and O–H groups in total. The highest BCUT2D eigenvalue weighted by Crippen LogP contribution is 2.60. The molecule has 0 radical (unpaired) electrons. The van der Waals surface area contributed by atoms with Crippen LogP contribution < -0.4 is 0 Å². The molecule has 18 heavy (non-hydrogen) atoms. The molecule has 0 aromatic heterocycles. The summed E-state index contributed by atoms with van der Waals surface area (Å²) >= 11 is 0. The van der Waals surface area contributed by atoms with Crippen LogP contribution in [0.25, 0.3) is 0 Å². The van der Waals surface area contributed by atoms with Crippen LogP contribution in [0.3, 0.4) is 0 Å². The smallest absolute Gasteiger partial charge is 0.310 e. The fourth-order valence-corrected chi connectivity index (χ4v) is 4.15. The Bertz CT molecular complexity index is 495. The lowest BCUT2D eigenvalue weighted by molar-refractivity contribution is -0.191. The van der Waals surface area contributed by atoms with Crippen LogP contribution in [0.5, 0.6) is 0 Å². The number of aliphatic carboxylic acids is 2.